The third-order valence-electron chi connectivity index (χ3n) is 3.96. The number of hydrogen-bond acceptors (Lipinski definition) is 5. The lowest BCUT2D eigenvalue weighted by atomic mass is 10.1. The smallest absolute Gasteiger partial charge is 0.265 e. The number of oxime groups is 1. The van der Waals surface area contributed by atoms with Crippen LogP contribution in [0.1, 0.15) is 25.7 Å². The molecule has 0 saturated heterocycles. The number of anilines is 1. The first kappa shape index (κ1) is 15.5. The third kappa shape index (κ3) is 4.06. The van der Waals surface area contributed by atoms with E-state index in [0.717, 1.165) is 12.8 Å². The molecular formula is C16H21N3O4. The lowest BCUT2D eigenvalue weighted by Crippen LogP contribution is -2.23. The number of amidine groups is 1. The van der Waals surface area contributed by atoms with Gasteiger partial charge in [0.25, 0.3) is 5.91 Å². The zero-order valence-electron chi connectivity index (χ0n) is 12.9. The van der Waals surface area contributed by atoms with Crippen LogP contribution in [-0.2, 0) is 9.63 Å². The number of nitrogens with zero attached hydrogens (tertiary/aromatic N) is 1. The molecule has 0 unspecified atom stereocenters. The second kappa shape index (κ2) is 7.21. The molecule has 3 N–H and O–H groups in total. The average Bonchev–Trinajstić information content (AvgIpc) is 3.09. The van der Waals surface area contributed by atoms with E-state index >= 15 is 0 Å². The Kier molecular flexibility index (Phi) is 4.85. The van der Waals surface area contributed by atoms with Gasteiger partial charge in [-0.2, -0.15) is 0 Å². The van der Waals surface area contributed by atoms with Crippen LogP contribution in [0.2, 0.25) is 0 Å². The zero-order valence-corrected chi connectivity index (χ0v) is 12.9. The summed E-state index contributed by atoms with van der Waals surface area (Å²) in [5, 5.41) is 6.57. The normalized spacial score (nSPS) is 17.8. The number of rotatable bonds is 5. The van der Waals surface area contributed by atoms with E-state index in [-0.39, 0.29) is 18.4 Å². The maximum Gasteiger partial charge on any atom is 0.265 e. The molecule has 7 heteroatoms. The maximum absolute atomic E-state index is 11.9. The van der Waals surface area contributed by atoms with Crippen molar-refractivity contribution in [2.45, 2.75) is 25.7 Å². The fourth-order valence-electron chi connectivity index (χ4n) is 2.78. The summed E-state index contributed by atoms with van der Waals surface area (Å²) in [4.78, 5) is 16.9. The quantitative estimate of drug-likeness (QED) is 0.491. The van der Waals surface area contributed by atoms with Crippen LogP contribution in [0.3, 0.4) is 0 Å². The van der Waals surface area contributed by atoms with Crippen LogP contribution in [-0.4, -0.2) is 31.6 Å². The highest BCUT2D eigenvalue weighted by Crippen LogP contribution is 2.32. The predicted octanol–water partition coefficient (Wildman–Crippen LogP) is 1.88. The van der Waals surface area contributed by atoms with Gasteiger partial charge in [0.15, 0.2) is 18.1 Å². The highest BCUT2D eigenvalue weighted by atomic mass is 16.6. The summed E-state index contributed by atoms with van der Waals surface area (Å²) >= 11 is 0. The zero-order chi connectivity index (χ0) is 16.1. The van der Waals surface area contributed by atoms with E-state index < -0.39 is 0 Å². The van der Waals surface area contributed by atoms with Gasteiger partial charge < -0.3 is 25.4 Å². The van der Waals surface area contributed by atoms with Crippen LogP contribution in [0.5, 0.6) is 11.5 Å². The average molecular weight is 319 g/mol. The topological polar surface area (TPSA) is 95.2 Å². The van der Waals surface area contributed by atoms with Crippen molar-refractivity contribution in [3.05, 3.63) is 18.2 Å². The Balaban J connectivity index is 1.48. The molecule has 0 spiro atoms. The van der Waals surface area contributed by atoms with Crippen molar-refractivity contribution in [3.8, 4) is 11.5 Å². The molecule has 3 rings (SSSR count). The second-order valence-electron chi connectivity index (χ2n) is 5.68. The molecule has 1 saturated carbocycles. The highest BCUT2D eigenvalue weighted by Gasteiger charge is 2.19. The minimum atomic E-state index is -0.301. The Morgan fingerprint density at radius 3 is 2.78 bits per heavy atom. The van der Waals surface area contributed by atoms with Crippen LogP contribution in [0.15, 0.2) is 23.4 Å². The Morgan fingerprint density at radius 1 is 1.26 bits per heavy atom. The molecule has 0 atom stereocenters. The number of benzene rings is 1. The van der Waals surface area contributed by atoms with E-state index in [1.54, 1.807) is 18.2 Å². The van der Waals surface area contributed by atoms with Gasteiger partial charge in [-0.25, -0.2) is 0 Å². The first-order valence-electron chi connectivity index (χ1n) is 7.87. The lowest BCUT2D eigenvalue weighted by Gasteiger charge is -2.18. The summed E-state index contributed by atoms with van der Waals surface area (Å²) in [7, 11) is 0. The molecule has 1 fully saturated rings. The molecule has 1 heterocycles. The fraction of sp³-hybridized carbons (Fsp3) is 0.500. The van der Waals surface area contributed by atoms with Crippen LogP contribution < -0.4 is 20.5 Å². The van der Waals surface area contributed by atoms with E-state index in [2.05, 4.69) is 10.5 Å². The summed E-state index contributed by atoms with van der Waals surface area (Å²) in [5.41, 5.74) is 6.48. The van der Waals surface area contributed by atoms with E-state index in [1.165, 1.54) is 12.8 Å². The molecule has 1 amide bonds. The fourth-order valence-corrected chi connectivity index (χ4v) is 2.78. The first-order chi connectivity index (χ1) is 11.2. The third-order valence-corrected chi connectivity index (χ3v) is 3.96. The molecule has 23 heavy (non-hydrogen) atoms. The number of fused-ring (bicyclic) bond motifs is 1. The van der Waals surface area contributed by atoms with Crippen molar-refractivity contribution >= 4 is 17.4 Å². The summed E-state index contributed by atoms with van der Waals surface area (Å²) in [5.74, 6) is 1.77. The largest absolute Gasteiger partial charge is 0.486 e. The van der Waals surface area contributed by atoms with Crippen molar-refractivity contribution in [1.29, 1.82) is 0 Å². The van der Waals surface area contributed by atoms with E-state index in [0.29, 0.717) is 36.2 Å². The Morgan fingerprint density at radius 2 is 2.00 bits per heavy atom. The number of hydrogen-bond donors (Lipinski definition) is 2. The highest BCUT2D eigenvalue weighted by molar-refractivity contribution is 5.92. The molecule has 1 aromatic carbocycles. The Bertz CT molecular complexity index is 597. The predicted molar refractivity (Wildman–Crippen MR) is 85.6 cm³/mol. The Labute approximate surface area is 134 Å². The van der Waals surface area contributed by atoms with Gasteiger partial charge in [-0.05, 0) is 25.0 Å². The summed E-state index contributed by atoms with van der Waals surface area (Å²) in [6, 6.07) is 5.24. The maximum atomic E-state index is 11.9. The van der Waals surface area contributed by atoms with Crippen LogP contribution in [0.25, 0.3) is 0 Å². The number of nitrogens with one attached hydrogen (secondary N) is 1. The summed E-state index contributed by atoms with van der Waals surface area (Å²) < 4.78 is 10.9. The van der Waals surface area contributed by atoms with Gasteiger partial charge >= 0.3 is 0 Å². The molecule has 0 radical (unpaired) electrons. The standard InChI is InChI=1S/C16H21N3O4/c17-16(11-3-1-2-4-11)19-23-10-15(20)18-12-5-6-13-14(9-12)22-8-7-21-13/h5-6,9,11H,1-4,7-8,10H2,(H2,17,19)(H,18,20). The van der Waals surface area contributed by atoms with Crippen molar-refractivity contribution < 1.29 is 19.1 Å². The molecule has 2 aliphatic rings. The second-order valence-corrected chi connectivity index (χ2v) is 5.68. The number of nitrogens with two attached hydrogens (primary N) is 1. The number of ether oxygens (including phenoxy) is 2. The minimum Gasteiger partial charge on any atom is -0.486 e. The molecule has 0 aromatic heterocycles. The molecule has 7 nitrogen and oxygen atoms in total. The van der Waals surface area contributed by atoms with Gasteiger partial charge in [0.1, 0.15) is 19.0 Å². The molecule has 0 bridgehead atoms. The van der Waals surface area contributed by atoms with Crippen molar-refractivity contribution in [3.63, 3.8) is 0 Å². The van der Waals surface area contributed by atoms with E-state index in [9.17, 15) is 4.79 Å². The molecule has 1 aliphatic heterocycles. The van der Waals surface area contributed by atoms with Crippen LogP contribution >= 0.6 is 0 Å². The summed E-state index contributed by atoms with van der Waals surface area (Å²) in [6.07, 6.45) is 4.43. The van der Waals surface area contributed by atoms with Crippen molar-refractivity contribution in [2.24, 2.45) is 16.8 Å². The lowest BCUT2D eigenvalue weighted by molar-refractivity contribution is -0.120. The van der Waals surface area contributed by atoms with Crippen LogP contribution in [0.4, 0.5) is 5.69 Å². The Hall–Kier alpha value is -2.44. The summed E-state index contributed by atoms with van der Waals surface area (Å²) in [6.45, 7) is 0.859. The minimum absolute atomic E-state index is 0.179. The number of carbonyl (C=O) groups excluding carboxylic acids is 1. The van der Waals surface area contributed by atoms with Gasteiger partial charge in [0.05, 0.1) is 0 Å². The first-order valence-corrected chi connectivity index (χ1v) is 7.87. The SMILES string of the molecule is N/C(=N\OCC(=O)Nc1ccc2c(c1)OCCO2)C1CCCC1. The molecule has 1 aromatic rings. The number of carbonyl (C=O) groups is 1. The van der Waals surface area contributed by atoms with E-state index in [4.69, 9.17) is 20.0 Å². The molecular weight excluding hydrogens is 298 g/mol. The number of amides is 1. The van der Waals surface area contributed by atoms with Crippen molar-refractivity contribution in [1.82, 2.24) is 0 Å². The van der Waals surface area contributed by atoms with Crippen LogP contribution in [0, 0.1) is 5.92 Å². The van der Waals surface area contributed by atoms with Gasteiger partial charge in [0.2, 0.25) is 0 Å². The van der Waals surface area contributed by atoms with Gasteiger partial charge in [0, 0.05) is 17.7 Å². The monoisotopic (exact) mass is 319 g/mol. The van der Waals surface area contributed by atoms with Gasteiger partial charge in [-0.15, -0.1) is 0 Å². The van der Waals surface area contributed by atoms with Gasteiger partial charge in [-0.1, -0.05) is 18.0 Å². The molecule has 124 valence electrons. The van der Waals surface area contributed by atoms with Gasteiger partial charge in [-0.3, -0.25) is 4.79 Å². The van der Waals surface area contributed by atoms with Crippen molar-refractivity contribution in [2.75, 3.05) is 25.1 Å². The van der Waals surface area contributed by atoms with E-state index in [1.807, 2.05) is 0 Å². The molecule has 1 aliphatic carbocycles.